The minimum absolute atomic E-state index is 0.0854. The van der Waals surface area contributed by atoms with Crippen LogP contribution in [-0.2, 0) is 29.4 Å². The second-order valence-electron chi connectivity index (χ2n) is 5.65. The number of benzene rings is 1. The van der Waals surface area contributed by atoms with E-state index in [1.165, 1.54) is 4.31 Å². The number of sulfonamides is 1. The van der Waals surface area contributed by atoms with E-state index in [-0.39, 0.29) is 18.3 Å². The van der Waals surface area contributed by atoms with Gasteiger partial charge in [0, 0.05) is 25.8 Å². The highest BCUT2D eigenvalue weighted by Crippen LogP contribution is 2.17. The number of nitrogens with zero attached hydrogens (tertiary/aromatic N) is 4. The van der Waals surface area contributed by atoms with Gasteiger partial charge in [-0.1, -0.05) is 12.1 Å². The molecule has 1 aromatic carbocycles. The maximum atomic E-state index is 12.8. The third kappa shape index (κ3) is 4.18. The van der Waals surface area contributed by atoms with E-state index in [1.54, 1.807) is 48.3 Å². The molecule has 0 fully saturated rings. The molecular weight excluding hydrogens is 312 g/mol. The Morgan fingerprint density at radius 3 is 2.39 bits per heavy atom. The average molecular weight is 332 g/mol. The van der Waals surface area contributed by atoms with E-state index >= 15 is 0 Å². The van der Waals surface area contributed by atoms with Crippen molar-refractivity contribution in [2.45, 2.75) is 32.2 Å². The molecule has 0 unspecified atom stereocenters. The van der Waals surface area contributed by atoms with Crippen LogP contribution in [0.3, 0.4) is 0 Å². The fraction of sp³-hybridized carbons (Fsp3) is 0.375. The van der Waals surface area contributed by atoms with E-state index in [0.29, 0.717) is 11.3 Å². The van der Waals surface area contributed by atoms with Gasteiger partial charge in [-0.3, -0.25) is 4.68 Å². The molecule has 0 spiro atoms. The smallest absolute Gasteiger partial charge is 0.220 e. The van der Waals surface area contributed by atoms with E-state index in [4.69, 9.17) is 5.26 Å². The summed E-state index contributed by atoms with van der Waals surface area (Å²) in [6, 6.07) is 10.6. The van der Waals surface area contributed by atoms with Gasteiger partial charge in [0.1, 0.15) is 5.75 Å². The van der Waals surface area contributed by atoms with E-state index in [9.17, 15) is 8.42 Å². The number of nitriles is 1. The second kappa shape index (κ2) is 6.94. The SMILES string of the molecule is CC(C)N(Cc1ccc(C#N)cc1)S(=O)(=O)Cc1ccnn1C. The van der Waals surface area contributed by atoms with Crippen LogP contribution in [0, 0.1) is 11.3 Å². The average Bonchev–Trinajstić information content (AvgIpc) is 2.89. The summed E-state index contributed by atoms with van der Waals surface area (Å²) in [5.74, 6) is -0.0854. The molecular formula is C16H20N4O2S. The number of aromatic nitrogens is 2. The lowest BCUT2D eigenvalue weighted by molar-refractivity contribution is 0.347. The van der Waals surface area contributed by atoms with Crippen molar-refractivity contribution in [1.29, 1.82) is 5.26 Å². The molecule has 1 aromatic heterocycles. The van der Waals surface area contributed by atoms with Gasteiger partial charge in [0.05, 0.1) is 17.3 Å². The van der Waals surface area contributed by atoms with E-state index in [2.05, 4.69) is 11.2 Å². The fourth-order valence-electron chi connectivity index (χ4n) is 2.28. The van der Waals surface area contributed by atoms with Crippen molar-refractivity contribution < 1.29 is 8.42 Å². The van der Waals surface area contributed by atoms with E-state index < -0.39 is 10.0 Å². The molecule has 2 rings (SSSR count). The molecule has 7 heteroatoms. The number of aryl methyl sites for hydroxylation is 1. The molecule has 0 aliphatic heterocycles. The van der Waals surface area contributed by atoms with Crippen LogP contribution < -0.4 is 0 Å². The summed E-state index contributed by atoms with van der Waals surface area (Å²) >= 11 is 0. The Labute approximate surface area is 137 Å². The molecule has 0 amide bonds. The summed E-state index contributed by atoms with van der Waals surface area (Å²) in [5, 5.41) is 12.8. The molecule has 0 saturated heterocycles. The first kappa shape index (κ1) is 17.2. The van der Waals surface area contributed by atoms with Crippen LogP contribution in [-0.4, -0.2) is 28.5 Å². The predicted molar refractivity (Wildman–Crippen MR) is 87.7 cm³/mol. The first-order valence-corrected chi connectivity index (χ1v) is 8.90. The molecule has 2 aromatic rings. The lowest BCUT2D eigenvalue weighted by Crippen LogP contribution is -2.37. The minimum atomic E-state index is -3.47. The summed E-state index contributed by atoms with van der Waals surface area (Å²) in [4.78, 5) is 0. The Morgan fingerprint density at radius 1 is 1.26 bits per heavy atom. The first-order valence-electron chi connectivity index (χ1n) is 7.29. The van der Waals surface area contributed by atoms with Gasteiger partial charge in [-0.15, -0.1) is 0 Å². The molecule has 0 aliphatic rings. The molecule has 0 bridgehead atoms. The lowest BCUT2D eigenvalue weighted by Gasteiger charge is -2.26. The van der Waals surface area contributed by atoms with Gasteiger partial charge in [0.25, 0.3) is 0 Å². The van der Waals surface area contributed by atoms with Crippen molar-refractivity contribution in [2.75, 3.05) is 0 Å². The molecule has 23 heavy (non-hydrogen) atoms. The zero-order chi connectivity index (χ0) is 17.0. The van der Waals surface area contributed by atoms with Gasteiger partial charge in [0.2, 0.25) is 10.0 Å². The predicted octanol–water partition coefficient (Wildman–Crippen LogP) is 2.03. The standard InChI is InChI=1S/C16H20N4O2S/c1-13(2)20(11-15-6-4-14(10-17)5-7-15)23(21,22)12-16-8-9-18-19(16)3/h4-9,13H,11-12H2,1-3H3. The zero-order valence-corrected chi connectivity index (χ0v) is 14.3. The Hall–Kier alpha value is -2.17. The molecule has 0 aliphatic carbocycles. The second-order valence-corrected chi connectivity index (χ2v) is 7.57. The molecule has 122 valence electrons. The van der Waals surface area contributed by atoms with Crippen LogP contribution in [0.4, 0.5) is 0 Å². The van der Waals surface area contributed by atoms with Gasteiger partial charge >= 0.3 is 0 Å². The van der Waals surface area contributed by atoms with Crippen LogP contribution in [0.1, 0.15) is 30.7 Å². The van der Waals surface area contributed by atoms with Crippen molar-refractivity contribution in [2.24, 2.45) is 7.05 Å². The summed E-state index contributed by atoms with van der Waals surface area (Å²) < 4.78 is 28.5. The van der Waals surface area contributed by atoms with Crippen molar-refractivity contribution in [3.63, 3.8) is 0 Å². The van der Waals surface area contributed by atoms with E-state index in [1.807, 2.05) is 13.8 Å². The Kier molecular flexibility index (Phi) is 5.19. The molecule has 0 N–H and O–H groups in total. The molecule has 1 heterocycles. The monoisotopic (exact) mass is 332 g/mol. The van der Waals surface area contributed by atoms with Crippen molar-refractivity contribution in [3.8, 4) is 6.07 Å². The van der Waals surface area contributed by atoms with Crippen LogP contribution in [0.25, 0.3) is 0 Å². The third-order valence-electron chi connectivity index (χ3n) is 3.61. The Bertz CT molecular complexity index is 801. The van der Waals surface area contributed by atoms with Gasteiger partial charge in [-0.25, -0.2) is 8.42 Å². The van der Waals surface area contributed by atoms with Crippen LogP contribution in [0.2, 0.25) is 0 Å². The quantitative estimate of drug-likeness (QED) is 0.811. The summed E-state index contributed by atoms with van der Waals surface area (Å²) in [7, 11) is -1.75. The molecule has 6 nitrogen and oxygen atoms in total. The number of hydrogen-bond acceptors (Lipinski definition) is 4. The van der Waals surface area contributed by atoms with Crippen molar-refractivity contribution >= 4 is 10.0 Å². The van der Waals surface area contributed by atoms with Gasteiger partial charge in [0.15, 0.2) is 0 Å². The van der Waals surface area contributed by atoms with Crippen LogP contribution >= 0.6 is 0 Å². The third-order valence-corrected chi connectivity index (χ3v) is 5.53. The van der Waals surface area contributed by atoms with Crippen LogP contribution in [0.15, 0.2) is 36.5 Å². The number of rotatable bonds is 6. The highest BCUT2D eigenvalue weighted by molar-refractivity contribution is 7.88. The highest BCUT2D eigenvalue weighted by Gasteiger charge is 2.26. The van der Waals surface area contributed by atoms with Crippen LogP contribution in [0.5, 0.6) is 0 Å². The molecule has 0 atom stereocenters. The minimum Gasteiger partial charge on any atom is -0.272 e. The summed E-state index contributed by atoms with van der Waals surface area (Å²) in [6.07, 6.45) is 1.59. The lowest BCUT2D eigenvalue weighted by atomic mass is 10.1. The topological polar surface area (TPSA) is 79.0 Å². The van der Waals surface area contributed by atoms with Gasteiger partial charge in [-0.2, -0.15) is 14.7 Å². The van der Waals surface area contributed by atoms with E-state index in [0.717, 1.165) is 5.56 Å². The highest BCUT2D eigenvalue weighted by atomic mass is 32.2. The zero-order valence-electron chi connectivity index (χ0n) is 13.5. The number of hydrogen-bond donors (Lipinski definition) is 0. The maximum absolute atomic E-state index is 12.8. The van der Waals surface area contributed by atoms with Gasteiger partial charge < -0.3 is 0 Å². The first-order chi connectivity index (χ1) is 10.8. The van der Waals surface area contributed by atoms with Crippen molar-refractivity contribution in [1.82, 2.24) is 14.1 Å². The summed E-state index contributed by atoms with van der Waals surface area (Å²) in [6.45, 7) is 3.98. The van der Waals surface area contributed by atoms with Crippen molar-refractivity contribution in [3.05, 3.63) is 53.3 Å². The normalized spacial score (nSPS) is 11.8. The molecule has 0 radical (unpaired) electrons. The largest absolute Gasteiger partial charge is 0.272 e. The molecule has 0 saturated carbocycles. The summed E-state index contributed by atoms with van der Waals surface area (Å²) in [5.41, 5.74) is 2.06. The van der Waals surface area contributed by atoms with Gasteiger partial charge in [-0.05, 0) is 37.6 Å². The Balaban J connectivity index is 2.23. The fourth-order valence-corrected chi connectivity index (χ4v) is 4.09. The Morgan fingerprint density at radius 2 is 1.91 bits per heavy atom. The maximum Gasteiger partial charge on any atom is 0.220 e.